The van der Waals surface area contributed by atoms with Crippen LogP contribution < -0.4 is 19.1 Å². The lowest BCUT2D eigenvalue weighted by Crippen LogP contribution is -2.30. The largest absolute Gasteiger partial charge is 0.493 e. The predicted octanol–water partition coefficient (Wildman–Crippen LogP) is 4.71. The highest BCUT2D eigenvalue weighted by molar-refractivity contribution is 6.30. The number of anilines is 1. The minimum Gasteiger partial charge on any atom is -0.493 e. The first-order valence-electron chi connectivity index (χ1n) is 9.58. The van der Waals surface area contributed by atoms with E-state index in [0.29, 0.717) is 40.1 Å². The Kier molecular flexibility index (Phi) is 7.09. The molecule has 7 nitrogen and oxygen atoms in total. The molecule has 0 saturated carbocycles. The van der Waals surface area contributed by atoms with Gasteiger partial charge in [-0.1, -0.05) is 23.7 Å². The molecule has 1 heterocycles. The summed E-state index contributed by atoms with van der Waals surface area (Å²) in [5, 5.41) is 11.1. The highest BCUT2D eigenvalue weighted by atomic mass is 35.5. The van der Waals surface area contributed by atoms with Crippen LogP contribution in [0.15, 0.2) is 52.9 Å². The van der Waals surface area contributed by atoms with E-state index >= 15 is 0 Å². The van der Waals surface area contributed by atoms with Gasteiger partial charge in [0.2, 0.25) is 5.75 Å². The number of rotatable bonds is 8. The highest BCUT2D eigenvalue weighted by Gasteiger charge is 2.24. The van der Waals surface area contributed by atoms with Crippen molar-refractivity contribution in [1.29, 1.82) is 0 Å². The number of aliphatic hydroxyl groups excluding tert-OH is 1. The molecule has 3 rings (SSSR count). The van der Waals surface area contributed by atoms with Gasteiger partial charge in [-0.25, -0.2) is 0 Å². The molecular formula is C23H24ClNO6. The SMILES string of the molecule is CCN(C(=O)c1ccc(C(O)c2ccc(Cl)cc2)o1)c1cc(OC)c(OC)c(OC)c1. The number of furan rings is 1. The van der Waals surface area contributed by atoms with Gasteiger partial charge in [-0.15, -0.1) is 0 Å². The number of ether oxygens (including phenoxy) is 3. The number of aliphatic hydroxyl groups is 1. The number of nitrogens with zero attached hydrogens (tertiary/aromatic N) is 1. The number of carbonyl (C=O) groups is 1. The van der Waals surface area contributed by atoms with Gasteiger partial charge in [0, 0.05) is 23.7 Å². The summed E-state index contributed by atoms with van der Waals surface area (Å²) in [6, 6.07) is 13.3. The molecule has 31 heavy (non-hydrogen) atoms. The maximum atomic E-state index is 13.2. The Hall–Kier alpha value is -3.16. The van der Waals surface area contributed by atoms with Gasteiger partial charge in [-0.05, 0) is 36.8 Å². The molecule has 0 fully saturated rings. The molecule has 3 aromatic rings. The van der Waals surface area contributed by atoms with Crippen molar-refractivity contribution < 1.29 is 28.5 Å². The summed E-state index contributed by atoms with van der Waals surface area (Å²) in [7, 11) is 4.53. The second-order valence-electron chi connectivity index (χ2n) is 6.59. The smallest absolute Gasteiger partial charge is 0.293 e. The third-order valence-corrected chi connectivity index (χ3v) is 5.07. The van der Waals surface area contributed by atoms with E-state index < -0.39 is 6.10 Å². The Morgan fingerprint density at radius 2 is 1.65 bits per heavy atom. The zero-order valence-electron chi connectivity index (χ0n) is 17.7. The lowest BCUT2D eigenvalue weighted by atomic mass is 10.1. The van der Waals surface area contributed by atoms with Crippen molar-refractivity contribution in [3.8, 4) is 17.2 Å². The van der Waals surface area contributed by atoms with E-state index in [1.807, 2.05) is 6.92 Å². The topological polar surface area (TPSA) is 81.4 Å². The summed E-state index contributed by atoms with van der Waals surface area (Å²) in [4.78, 5) is 14.7. The molecule has 0 aliphatic heterocycles. The van der Waals surface area contributed by atoms with Crippen LogP contribution in [0, 0.1) is 0 Å². The fourth-order valence-corrected chi connectivity index (χ4v) is 3.35. The molecule has 0 radical (unpaired) electrons. The molecule has 2 aromatic carbocycles. The lowest BCUT2D eigenvalue weighted by Gasteiger charge is -2.22. The van der Waals surface area contributed by atoms with Crippen LogP contribution in [0.4, 0.5) is 5.69 Å². The molecule has 0 aliphatic rings. The predicted molar refractivity (Wildman–Crippen MR) is 118 cm³/mol. The van der Waals surface area contributed by atoms with E-state index in [1.165, 1.54) is 32.3 Å². The molecule has 1 unspecified atom stereocenters. The van der Waals surface area contributed by atoms with Crippen LogP contribution >= 0.6 is 11.6 Å². The average molecular weight is 446 g/mol. The van der Waals surface area contributed by atoms with Crippen LogP contribution in [0.2, 0.25) is 5.02 Å². The molecule has 164 valence electrons. The van der Waals surface area contributed by atoms with Gasteiger partial charge < -0.3 is 28.6 Å². The van der Waals surface area contributed by atoms with Gasteiger partial charge in [0.05, 0.1) is 27.0 Å². The third-order valence-electron chi connectivity index (χ3n) is 4.82. The summed E-state index contributed by atoms with van der Waals surface area (Å²) < 4.78 is 21.8. The Balaban J connectivity index is 1.90. The number of hydrogen-bond acceptors (Lipinski definition) is 6. The van der Waals surface area contributed by atoms with Crippen molar-refractivity contribution in [1.82, 2.24) is 0 Å². The number of hydrogen-bond donors (Lipinski definition) is 1. The van der Waals surface area contributed by atoms with Crippen LogP contribution in [-0.2, 0) is 0 Å². The van der Waals surface area contributed by atoms with Crippen molar-refractivity contribution in [2.24, 2.45) is 0 Å². The van der Waals surface area contributed by atoms with E-state index in [-0.39, 0.29) is 17.4 Å². The first kappa shape index (κ1) is 22.5. The van der Waals surface area contributed by atoms with E-state index in [1.54, 1.807) is 42.5 Å². The number of benzene rings is 2. The Morgan fingerprint density at radius 3 is 2.16 bits per heavy atom. The van der Waals surface area contributed by atoms with Crippen LogP contribution in [0.5, 0.6) is 17.2 Å². The maximum Gasteiger partial charge on any atom is 0.293 e. The number of carbonyl (C=O) groups excluding carboxylic acids is 1. The second-order valence-corrected chi connectivity index (χ2v) is 7.03. The van der Waals surface area contributed by atoms with Crippen molar-refractivity contribution in [2.75, 3.05) is 32.8 Å². The molecule has 0 saturated heterocycles. The van der Waals surface area contributed by atoms with Gasteiger partial charge in [-0.2, -0.15) is 0 Å². The summed E-state index contributed by atoms with van der Waals surface area (Å²) in [6.07, 6.45) is -1.02. The fraction of sp³-hybridized carbons (Fsp3) is 0.261. The summed E-state index contributed by atoms with van der Waals surface area (Å²) in [5.74, 6) is 1.28. The summed E-state index contributed by atoms with van der Waals surface area (Å²) in [5.41, 5.74) is 1.16. The standard InChI is InChI=1S/C23H24ClNO6/c1-5-25(16-12-19(28-2)22(30-4)20(13-16)29-3)23(27)18-11-10-17(31-18)21(26)14-6-8-15(24)9-7-14/h6-13,21,26H,5H2,1-4H3. The summed E-state index contributed by atoms with van der Waals surface area (Å²) >= 11 is 5.90. The summed E-state index contributed by atoms with van der Waals surface area (Å²) in [6.45, 7) is 2.21. The van der Waals surface area contributed by atoms with Gasteiger partial charge in [-0.3, -0.25) is 4.79 Å². The molecule has 1 N–H and O–H groups in total. The molecule has 1 amide bonds. The van der Waals surface area contributed by atoms with Crippen molar-refractivity contribution in [3.63, 3.8) is 0 Å². The highest BCUT2D eigenvalue weighted by Crippen LogP contribution is 2.41. The fourth-order valence-electron chi connectivity index (χ4n) is 3.22. The first-order chi connectivity index (χ1) is 14.9. The second kappa shape index (κ2) is 9.76. The normalized spacial score (nSPS) is 11.7. The van der Waals surface area contributed by atoms with Gasteiger partial charge in [0.1, 0.15) is 11.9 Å². The first-order valence-corrected chi connectivity index (χ1v) is 9.96. The Morgan fingerprint density at radius 1 is 1.03 bits per heavy atom. The molecule has 0 spiro atoms. The zero-order valence-corrected chi connectivity index (χ0v) is 18.5. The average Bonchev–Trinajstić information content (AvgIpc) is 3.29. The number of methoxy groups -OCH3 is 3. The van der Waals surface area contributed by atoms with Crippen LogP contribution in [0.3, 0.4) is 0 Å². The Labute approximate surface area is 185 Å². The quantitative estimate of drug-likeness (QED) is 0.541. The van der Waals surface area contributed by atoms with E-state index in [0.717, 1.165) is 0 Å². The van der Waals surface area contributed by atoms with Crippen LogP contribution in [0.25, 0.3) is 0 Å². The van der Waals surface area contributed by atoms with Crippen molar-refractivity contribution in [2.45, 2.75) is 13.0 Å². The van der Waals surface area contributed by atoms with Gasteiger partial charge in [0.15, 0.2) is 17.3 Å². The maximum absolute atomic E-state index is 13.2. The van der Waals surface area contributed by atoms with Crippen LogP contribution in [0.1, 0.15) is 34.9 Å². The Bertz CT molecular complexity index is 1020. The molecule has 1 aromatic heterocycles. The van der Waals surface area contributed by atoms with Crippen molar-refractivity contribution >= 4 is 23.2 Å². The third kappa shape index (κ3) is 4.62. The molecule has 0 aliphatic carbocycles. The van der Waals surface area contributed by atoms with Gasteiger partial charge in [0.25, 0.3) is 5.91 Å². The van der Waals surface area contributed by atoms with Crippen molar-refractivity contribution in [3.05, 3.63) is 70.6 Å². The molecule has 0 bridgehead atoms. The molecular weight excluding hydrogens is 422 g/mol. The zero-order chi connectivity index (χ0) is 22.5. The minimum atomic E-state index is -1.02. The number of halogens is 1. The van der Waals surface area contributed by atoms with E-state index in [2.05, 4.69) is 0 Å². The van der Waals surface area contributed by atoms with E-state index in [4.69, 9.17) is 30.2 Å². The minimum absolute atomic E-state index is 0.0959. The number of amides is 1. The lowest BCUT2D eigenvalue weighted by molar-refractivity contribution is 0.0953. The van der Waals surface area contributed by atoms with Gasteiger partial charge >= 0.3 is 0 Å². The molecule has 8 heteroatoms. The van der Waals surface area contributed by atoms with E-state index in [9.17, 15) is 9.90 Å². The molecule has 1 atom stereocenters. The monoisotopic (exact) mass is 445 g/mol. The van der Waals surface area contributed by atoms with Crippen LogP contribution in [-0.4, -0.2) is 38.9 Å².